The first-order valence-corrected chi connectivity index (χ1v) is 14.2. The van der Waals surface area contributed by atoms with E-state index in [1.165, 1.54) is 17.8 Å². The molecular weight excluding hydrogens is 486 g/mol. The van der Waals surface area contributed by atoms with Crippen molar-refractivity contribution in [2.45, 2.75) is 29.6 Å². The molecule has 3 aromatic rings. The predicted molar refractivity (Wildman–Crippen MR) is 137 cm³/mol. The Bertz CT molecular complexity index is 1320. The van der Waals surface area contributed by atoms with Gasteiger partial charge in [0.2, 0.25) is 0 Å². The molecule has 0 aliphatic carbocycles. The summed E-state index contributed by atoms with van der Waals surface area (Å²) in [5.41, 5.74) is 1.15. The lowest BCUT2D eigenvalue weighted by Crippen LogP contribution is -2.42. The smallest absolute Gasteiger partial charge is 0.354 e. The van der Waals surface area contributed by atoms with Crippen molar-refractivity contribution in [2.75, 3.05) is 37.7 Å². The Morgan fingerprint density at radius 3 is 2.43 bits per heavy atom. The van der Waals surface area contributed by atoms with Crippen LogP contribution in [0, 0.1) is 0 Å². The highest BCUT2D eigenvalue weighted by molar-refractivity contribution is 7.99. The lowest BCUT2D eigenvalue weighted by Gasteiger charge is -2.26. The van der Waals surface area contributed by atoms with Crippen LogP contribution >= 0.6 is 11.8 Å². The lowest BCUT2D eigenvalue weighted by atomic mass is 10.0. The zero-order valence-corrected chi connectivity index (χ0v) is 21.4. The van der Waals surface area contributed by atoms with Crippen LogP contribution in [0.25, 0.3) is 11.3 Å². The fourth-order valence-electron chi connectivity index (χ4n) is 3.85. The second-order valence-electron chi connectivity index (χ2n) is 8.77. The monoisotopic (exact) mass is 515 g/mol. The summed E-state index contributed by atoms with van der Waals surface area (Å²) in [6.45, 7) is 6.32. The minimum absolute atomic E-state index is 0.122. The van der Waals surface area contributed by atoms with Crippen molar-refractivity contribution >= 4 is 21.6 Å². The number of nitrogens with zero attached hydrogens (tertiary/aromatic N) is 1. The Balaban J connectivity index is 1.40. The summed E-state index contributed by atoms with van der Waals surface area (Å²) in [7, 11) is -2.89. The molecule has 2 aromatic carbocycles. The highest BCUT2D eigenvalue weighted by atomic mass is 32.2. The molecule has 0 atom stereocenters. The van der Waals surface area contributed by atoms with E-state index in [1.807, 2.05) is 24.3 Å². The normalized spacial score (nSPS) is 15.9. The van der Waals surface area contributed by atoms with E-state index in [-0.39, 0.29) is 33.8 Å². The molecule has 1 aliphatic heterocycles. The van der Waals surface area contributed by atoms with E-state index in [9.17, 15) is 18.3 Å². The SMILES string of the molecule is CC(C)c1ccccc1Sc1c(O)cc(-c2ccc(OCCN3CCS(=O)(=O)CC3)cc2)oc1=O. The molecule has 7 nitrogen and oxygen atoms in total. The Morgan fingerprint density at radius 1 is 1.09 bits per heavy atom. The third-order valence-corrected chi connectivity index (χ3v) is 8.67. The first-order valence-electron chi connectivity index (χ1n) is 11.5. The fraction of sp³-hybridized carbons (Fsp3) is 0.346. The molecule has 0 unspecified atom stereocenters. The van der Waals surface area contributed by atoms with Gasteiger partial charge < -0.3 is 14.3 Å². The van der Waals surface area contributed by atoms with Gasteiger partial charge in [-0.1, -0.05) is 43.8 Å². The van der Waals surface area contributed by atoms with E-state index in [2.05, 4.69) is 18.7 Å². The Hall–Kier alpha value is -2.75. The largest absolute Gasteiger partial charge is 0.506 e. The van der Waals surface area contributed by atoms with Crippen LogP contribution in [0.5, 0.6) is 11.5 Å². The number of rotatable bonds is 8. The number of sulfone groups is 1. The summed E-state index contributed by atoms with van der Waals surface area (Å²) in [5, 5.41) is 10.6. The minimum atomic E-state index is -2.89. The molecule has 4 rings (SSSR count). The van der Waals surface area contributed by atoms with E-state index < -0.39 is 15.5 Å². The Morgan fingerprint density at radius 2 is 1.77 bits per heavy atom. The molecular formula is C26H29NO6S2. The van der Waals surface area contributed by atoms with Gasteiger partial charge in [-0.25, -0.2) is 13.2 Å². The molecule has 0 amide bonds. The van der Waals surface area contributed by atoms with Crippen LogP contribution < -0.4 is 10.4 Å². The molecule has 186 valence electrons. The van der Waals surface area contributed by atoms with E-state index in [4.69, 9.17) is 9.15 Å². The molecule has 0 radical (unpaired) electrons. The van der Waals surface area contributed by atoms with E-state index in [0.29, 0.717) is 37.6 Å². The van der Waals surface area contributed by atoms with Gasteiger partial charge in [-0.3, -0.25) is 4.90 Å². The molecule has 1 saturated heterocycles. The van der Waals surface area contributed by atoms with Crippen LogP contribution in [0.1, 0.15) is 25.3 Å². The second kappa shape index (κ2) is 10.9. The van der Waals surface area contributed by atoms with E-state index in [0.717, 1.165) is 10.5 Å². The lowest BCUT2D eigenvalue weighted by molar-refractivity contribution is 0.219. The number of aromatic hydroxyl groups is 1. The maximum Gasteiger partial charge on any atom is 0.354 e. The first kappa shape index (κ1) is 25.3. The molecule has 2 heterocycles. The molecule has 1 aliphatic rings. The summed E-state index contributed by atoms with van der Waals surface area (Å²) in [5.74, 6) is 1.48. The fourth-order valence-corrected chi connectivity index (χ4v) is 6.20. The van der Waals surface area contributed by atoms with Crippen LogP contribution in [-0.4, -0.2) is 56.2 Å². The van der Waals surface area contributed by atoms with Crippen molar-refractivity contribution in [1.29, 1.82) is 0 Å². The van der Waals surface area contributed by atoms with Crippen LogP contribution in [0.2, 0.25) is 0 Å². The zero-order chi connectivity index (χ0) is 25.0. The Kier molecular flexibility index (Phi) is 7.88. The van der Waals surface area contributed by atoms with Gasteiger partial charge in [0.1, 0.15) is 28.8 Å². The first-order chi connectivity index (χ1) is 16.7. The quantitative estimate of drug-likeness (QED) is 0.472. The van der Waals surface area contributed by atoms with Crippen molar-refractivity contribution in [1.82, 2.24) is 4.90 Å². The van der Waals surface area contributed by atoms with Crippen LogP contribution in [0.3, 0.4) is 0 Å². The summed E-state index contributed by atoms with van der Waals surface area (Å²) in [4.78, 5) is 15.8. The van der Waals surface area contributed by atoms with Crippen molar-refractivity contribution in [3.05, 3.63) is 70.6 Å². The van der Waals surface area contributed by atoms with Crippen molar-refractivity contribution in [3.8, 4) is 22.8 Å². The third kappa shape index (κ3) is 6.48. The number of hydrogen-bond donors (Lipinski definition) is 1. The van der Waals surface area contributed by atoms with Gasteiger partial charge in [0.05, 0.1) is 11.5 Å². The van der Waals surface area contributed by atoms with Gasteiger partial charge in [-0.2, -0.15) is 0 Å². The molecule has 9 heteroatoms. The summed E-state index contributed by atoms with van der Waals surface area (Å²) < 4.78 is 34.3. The molecule has 1 N–H and O–H groups in total. The molecule has 0 saturated carbocycles. The third-order valence-electron chi connectivity index (χ3n) is 5.89. The summed E-state index contributed by atoms with van der Waals surface area (Å²) >= 11 is 1.21. The molecule has 35 heavy (non-hydrogen) atoms. The van der Waals surface area contributed by atoms with Gasteiger partial charge in [0, 0.05) is 36.2 Å². The maximum atomic E-state index is 12.7. The topological polar surface area (TPSA) is 97.1 Å². The minimum Gasteiger partial charge on any atom is -0.506 e. The number of ether oxygens (including phenoxy) is 1. The molecule has 0 bridgehead atoms. The molecule has 1 fully saturated rings. The van der Waals surface area contributed by atoms with Gasteiger partial charge >= 0.3 is 5.63 Å². The van der Waals surface area contributed by atoms with Gasteiger partial charge in [-0.05, 0) is 41.8 Å². The van der Waals surface area contributed by atoms with Crippen molar-refractivity contribution in [2.24, 2.45) is 0 Å². The van der Waals surface area contributed by atoms with Gasteiger partial charge in [-0.15, -0.1) is 0 Å². The molecule has 0 spiro atoms. The average molecular weight is 516 g/mol. The van der Waals surface area contributed by atoms with Crippen molar-refractivity contribution in [3.63, 3.8) is 0 Å². The average Bonchev–Trinajstić information content (AvgIpc) is 2.83. The van der Waals surface area contributed by atoms with Crippen LogP contribution in [-0.2, 0) is 9.84 Å². The van der Waals surface area contributed by atoms with Crippen molar-refractivity contribution < 1.29 is 22.7 Å². The van der Waals surface area contributed by atoms with Gasteiger partial charge in [0.15, 0.2) is 9.84 Å². The maximum absolute atomic E-state index is 12.7. The second-order valence-corrected chi connectivity index (χ2v) is 12.1. The zero-order valence-electron chi connectivity index (χ0n) is 19.8. The highest BCUT2D eigenvalue weighted by Crippen LogP contribution is 2.37. The highest BCUT2D eigenvalue weighted by Gasteiger charge is 2.21. The Labute approximate surface area is 209 Å². The van der Waals surface area contributed by atoms with Crippen LogP contribution in [0.4, 0.5) is 0 Å². The molecule has 1 aromatic heterocycles. The standard InChI is InChI=1S/C26H29NO6S2/c1-18(2)21-5-3-4-6-24(21)34-25-22(28)17-23(33-26(25)29)19-7-9-20(10-8-19)32-14-11-27-12-15-35(30,31)16-13-27/h3-10,17-18,28H,11-16H2,1-2H3. The number of benzene rings is 2. The summed E-state index contributed by atoms with van der Waals surface area (Å²) in [6, 6.07) is 16.3. The van der Waals surface area contributed by atoms with Crippen LogP contribution in [0.15, 0.2) is 73.6 Å². The predicted octanol–water partition coefficient (Wildman–Crippen LogP) is 4.40. The van der Waals surface area contributed by atoms with E-state index in [1.54, 1.807) is 24.3 Å². The summed E-state index contributed by atoms with van der Waals surface area (Å²) in [6.07, 6.45) is 0. The van der Waals surface area contributed by atoms with E-state index >= 15 is 0 Å². The number of hydrogen-bond acceptors (Lipinski definition) is 8. The van der Waals surface area contributed by atoms with Gasteiger partial charge in [0.25, 0.3) is 0 Å².